The van der Waals surface area contributed by atoms with E-state index < -0.39 is 0 Å². The summed E-state index contributed by atoms with van der Waals surface area (Å²) in [5, 5.41) is 5.93. The fourth-order valence-corrected chi connectivity index (χ4v) is 4.38. The third-order valence-corrected chi connectivity index (χ3v) is 6.17. The maximum Gasteiger partial charge on any atom is 0.321 e. The highest BCUT2D eigenvalue weighted by atomic mass is 16.5. The van der Waals surface area contributed by atoms with Gasteiger partial charge in [0.2, 0.25) is 0 Å². The Morgan fingerprint density at radius 1 is 0.861 bits per heavy atom. The van der Waals surface area contributed by atoms with Gasteiger partial charge in [0, 0.05) is 35.9 Å². The maximum atomic E-state index is 12.9. The van der Waals surface area contributed by atoms with Gasteiger partial charge in [0.15, 0.2) is 0 Å². The third-order valence-electron chi connectivity index (χ3n) is 6.17. The van der Waals surface area contributed by atoms with Crippen LogP contribution in [0.1, 0.15) is 48.5 Å². The lowest BCUT2D eigenvalue weighted by atomic mass is 9.89. The van der Waals surface area contributed by atoms with Crippen LogP contribution in [-0.2, 0) is 0 Å². The molecule has 0 saturated carbocycles. The largest absolute Gasteiger partial charge is 0.494 e. The summed E-state index contributed by atoms with van der Waals surface area (Å²) in [6, 6.07) is 22.3. The number of ether oxygens (including phenoxy) is 2. The van der Waals surface area contributed by atoms with Gasteiger partial charge in [-0.1, -0.05) is 12.1 Å². The SMILES string of the molecule is CCOc1ccc(NC(=O)c2cccc([C@@H]3CCCN(C(=O)Nc4ccc(OCC)cc4)C3)c2)cc1. The Labute approximate surface area is 212 Å². The molecule has 3 amide bonds. The van der Waals surface area contributed by atoms with Gasteiger partial charge < -0.3 is 25.0 Å². The third kappa shape index (κ3) is 6.56. The summed E-state index contributed by atoms with van der Waals surface area (Å²) in [5.74, 6) is 1.55. The number of carbonyl (C=O) groups is 2. The van der Waals surface area contributed by atoms with Crippen molar-refractivity contribution >= 4 is 23.3 Å². The molecule has 36 heavy (non-hydrogen) atoms. The highest BCUT2D eigenvalue weighted by Gasteiger charge is 2.25. The van der Waals surface area contributed by atoms with E-state index in [2.05, 4.69) is 10.6 Å². The van der Waals surface area contributed by atoms with Gasteiger partial charge in [-0.15, -0.1) is 0 Å². The topological polar surface area (TPSA) is 79.9 Å². The number of likely N-dealkylation sites (tertiary alicyclic amines) is 1. The van der Waals surface area contributed by atoms with Crippen LogP contribution < -0.4 is 20.1 Å². The Hall–Kier alpha value is -4.00. The lowest BCUT2D eigenvalue weighted by Crippen LogP contribution is -2.41. The molecular weight excluding hydrogens is 454 g/mol. The lowest BCUT2D eigenvalue weighted by Gasteiger charge is -2.33. The molecule has 7 nitrogen and oxygen atoms in total. The van der Waals surface area contributed by atoms with Crippen LogP contribution in [0.4, 0.5) is 16.2 Å². The zero-order chi connectivity index (χ0) is 25.3. The van der Waals surface area contributed by atoms with Crippen molar-refractivity contribution in [3.8, 4) is 11.5 Å². The molecule has 0 bridgehead atoms. The summed E-state index contributed by atoms with van der Waals surface area (Å²) in [5.41, 5.74) is 3.10. The number of anilines is 2. The van der Waals surface area contributed by atoms with Crippen molar-refractivity contribution in [2.24, 2.45) is 0 Å². The van der Waals surface area contributed by atoms with Crippen LogP contribution >= 0.6 is 0 Å². The van der Waals surface area contributed by atoms with Crippen LogP contribution in [0, 0.1) is 0 Å². The molecule has 2 N–H and O–H groups in total. The van der Waals surface area contributed by atoms with Crippen LogP contribution in [0.5, 0.6) is 11.5 Å². The predicted molar refractivity (Wildman–Crippen MR) is 142 cm³/mol. The van der Waals surface area contributed by atoms with Gasteiger partial charge in [0.25, 0.3) is 5.91 Å². The molecule has 3 aromatic rings. The average Bonchev–Trinajstić information content (AvgIpc) is 2.91. The van der Waals surface area contributed by atoms with E-state index in [1.165, 1.54) is 0 Å². The molecule has 0 aliphatic carbocycles. The zero-order valence-corrected chi connectivity index (χ0v) is 20.8. The summed E-state index contributed by atoms with van der Waals surface area (Å²) in [7, 11) is 0. The van der Waals surface area contributed by atoms with E-state index in [0.29, 0.717) is 37.6 Å². The molecule has 3 aromatic carbocycles. The molecule has 0 spiro atoms. The molecule has 1 atom stereocenters. The predicted octanol–water partition coefficient (Wildman–Crippen LogP) is 6.15. The number of urea groups is 1. The van der Waals surface area contributed by atoms with Crippen LogP contribution in [0.25, 0.3) is 0 Å². The summed E-state index contributed by atoms with van der Waals surface area (Å²) in [6.07, 6.45) is 1.88. The second-order valence-corrected chi connectivity index (χ2v) is 8.71. The standard InChI is InChI=1S/C29H33N3O4/c1-3-35-26-14-10-24(11-15-26)30-28(33)22-8-5-7-21(19-22)23-9-6-18-32(20-23)29(34)31-25-12-16-27(17-13-25)36-4-2/h5,7-8,10-17,19,23H,3-4,6,9,18,20H2,1-2H3,(H,30,33)(H,31,34)/t23-/m1/s1. The van der Waals surface area contributed by atoms with Gasteiger partial charge in [-0.25, -0.2) is 4.79 Å². The van der Waals surface area contributed by atoms with E-state index >= 15 is 0 Å². The van der Waals surface area contributed by atoms with E-state index in [-0.39, 0.29) is 17.9 Å². The van der Waals surface area contributed by atoms with Gasteiger partial charge in [-0.05, 0) is 92.9 Å². The van der Waals surface area contributed by atoms with Crippen molar-refractivity contribution in [1.82, 2.24) is 4.90 Å². The molecule has 1 heterocycles. The normalized spacial score (nSPS) is 15.2. The number of hydrogen-bond acceptors (Lipinski definition) is 4. The van der Waals surface area contributed by atoms with Crippen molar-refractivity contribution in [2.45, 2.75) is 32.6 Å². The quantitative estimate of drug-likeness (QED) is 0.400. The van der Waals surface area contributed by atoms with Crippen molar-refractivity contribution < 1.29 is 19.1 Å². The molecule has 4 rings (SSSR count). The maximum absolute atomic E-state index is 12.9. The average molecular weight is 488 g/mol. The first-order valence-corrected chi connectivity index (χ1v) is 12.5. The molecule has 0 radical (unpaired) electrons. The fourth-order valence-electron chi connectivity index (χ4n) is 4.38. The molecule has 0 unspecified atom stereocenters. The monoisotopic (exact) mass is 487 g/mol. The van der Waals surface area contributed by atoms with Crippen LogP contribution in [0.2, 0.25) is 0 Å². The number of benzene rings is 3. The van der Waals surface area contributed by atoms with Gasteiger partial charge >= 0.3 is 6.03 Å². The molecule has 7 heteroatoms. The van der Waals surface area contributed by atoms with Crippen LogP contribution in [-0.4, -0.2) is 43.1 Å². The van der Waals surface area contributed by atoms with E-state index in [0.717, 1.165) is 35.6 Å². The molecule has 1 aliphatic heterocycles. The van der Waals surface area contributed by atoms with Gasteiger partial charge in [-0.2, -0.15) is 0 Å². The first kappa shape index (κ1) is 25.1. The Bertz CT molecular complexity index is 1160. The first-order valence-electron chi connectivity index (χ1n) is 12.5. The molecule has 1 saturated heterocycles. The van der Waals surface area contributed by atoms with E-state index in [4.69, 9.17) is 9.47 Å². The highest BCUT2D eigenvalue weighted by molar-refractivity contribution is 6.04. The van der Waals surface area contributed by atoms with E-state index in [1.807, 2.05) is 91.5 Å². The Morgan fingerprint density at radius 3 is 2.08 bits per heavy atom. The Morgan fingerprint density at radius 2 is 1.47 bits per heavy atom. The molecule has 1 fully saturated rings. The van der Waals surface area contributed by atoms with Crippen molar-refractivity contribution in [2.75, 3.05) is 36.9 Å². The fraction of sp³-hybridized carbons (Fsp3) is 0.310. The summed E-state index contributed by atoms with van der Waals surface area (Å²) < 4.78 is 10.9. The minimum absolute atomic E-state index is 0.117. The molecular formula is C29H33N3O4. The molecule has 188 valence electrons. The van der Waals surface area contributed by atoms with Crippen molar-refractivity contribution in [3.05, 3.63) is 83.9 Å². The highest BCUT2D eigenvalue weighted by Crippen LogP contribution is 2.28. The van der Waals surface area contributed by atoms with Crippen molar-refractivity contribution in [3.63, 3.8) is 0 Å². The molecule has 0 aromatic heterocycles. The van der Waals surface area contributed by atoms with Crippen LogP contribution in [0.15, 0.2) is 72.8 Å². The van der Waals surface area contributed by atoms with Gasteiger partial charge in [0.1, 0.15) is 11.5 Å². The van der Waals surface area contributed by atoms with Gasteiger partial charge in [0.05, 0.1) is 13.2 Å². The van der Waals surface area contributed by atoms with Gasteiger partial charge in [-0.3, -0.25) is 4.79 Å². The van der Waals surface area contributed by atoms with E-state index in [1.54, 1.807) is 0 Å². The van der Waals surface area contributed by atoms with E-state index in [9.17, 15) is 9.59 Å². The zero-order valence-electron chi connectivity index (χ0n) is 20.8. The number of hydrogen-bond donors (Lipinski definition) is 2. The van der Waals surface area contributed by atoms with Crippen molar-refractivity contribution in [1.29, 1.82) is 0 Å². The number of amides is 3. The lowest BCUT2D eigenvalue weighted by molar-refractivity contribution is 0.102. The summed E-state index contributed by atoms with van der Waals surface area (Å²) in [4.78, 5) is 27.6. The minimum atomic E-state index is -0.165. The smallest absolute Gasteiger partial charge is 0.321 e. The summed E-state index contributed by atoms with van der Waals surface area (Å²) >= 11 is 0. The number of carbonyl (C=O) groups excluding carboxylic acids is 2. The number of piperidine rings is 1. The number of rotatable bonds is 8. The summed E-state index contributed by atoms with van der Waals surface area (Å²) in [6.45, 7) is 6.38. The number of nitrogens with zero attached hydrogens (tertiary/aromatic N) is 1. The second kappa shape index (κ2) is 12.1. The second-order valence-electron chi connectivity index (χ2n) is 8.71. The Balaban J connectivity index is 1.37. The molecule has 1 aliphatic rings. The number of nitrogens with one attached hydrogen (secondary N) is 2. The first-order chi connectivity index (χ1) is 17.6. The Kier molecular flexibility index (Phi) is 8.44. The minimum Gasteiger partial charge on any atom is -0.494 e. The van der Waals surface area contributed by atoms with Crippen LogP contribution in [0.3, 0.4) is 0 Å².